The standard InChI is InChI=1S/C16H20N2S/c1-18(2)7-5-13-10-17-16-4-3-12(9-15(13)16)14-6-8-19-11-14/h3-4,6,8-9,11,13,17H,5,7,10H2,1-2H3/t13-/m1/s1. The summed E-state index contributed by atoms with van der Waals surface area (Å²) >= 11 is 1.76. The van der Waals surface area contributed by atoms with E-state index in [9.17, 15) is 0 Å². The van der Waals surface area contributed by atoms with Crippen molar-refractivity contribution in [1.29, 1.82) is 0 Å². The van der Waals surface area contributed by atoms with Gasteiger partial charge >= 0.3 is 0 Å². The molecule has 0 fully saturated rings. The van der Waals surface area contributed by atoms with E-state index in [0.717, 1.165) is 13.1 Å². The van der Waals surface area contributed by atoms with Crippen molar-refractivity contribution >= 4 is 17.0 Å². The normalized spacial score (nSPS) is 17.5. The minimum Gasteiger partial charge on any atom is -0.384 e. The Hall–Kier alpha value is -1.32. The summed E-state index contributed by atoms with van der Waals surface area (Å²) in [6.07, 6.45) is 1.22. The molecule has 19 heavy (non-hydrogen) atoms. The SMILES string of the molecule is CN(C)CC[C@@H]1CNc2ccc(-c3ccsc3)cc21. The van der Waals surface area contributed by atoms with Crippen LogP contribution in [-0.4, -0.2) is 32.1 Å². The summed E-state index contributed by atoms with van der Waals surface area (Å²) in [4.78, 5) is 2.26. The Morgan fingerprint density at radius 3 is 2.89 bits per heavy atom. The summed E-state index contributed by atoms with van der Waals surface area (Å²) in [7, 11) is 4.29. The van der Waals surface area contributed by atoms with Crippen molar-refractivity contribution in [2.24, 2.45) is 0 Å². The van der Waals surface area contributed by atoms with E-state index >= 15 is 0 Å². The largest absolute Gasteiger partial charge is 0.384 e. The zero-order chi connectivity index (χ0) is 13.2. The van der Waals surface area contributed by atoms with Crippen LogP contribution in [0, 0.1) is 0 Å². The number of hydrogen-bond donors (Lipinski definition) is 1. The molecule has 0 saturated carbocycles. The highest BCUT2D eigenvalue weighted by Gasteiger charge is 2.22. The molecule has 100 valence electrons. The molecular weight excluding hydrogens is 252 g/mol. The lowest BCUT2D eigenvalue weighted by Gasteiger charge is -2.14. The maximum absolute atomic E-state index is 3.53. The number of benzene rings is 1. The molecule has 2 nitrogen and oxygen atoms in total. The topological polar surface area (TPSA) is 15.3 Å². The quantitative estimate of drug-likeness (QED) is 0.908. The molecule has 0 bridgehead atoms. The van der Waals surface area contributed by atoms with Gasteiger partial charge in [0.15, 0.2) is 0 Å². The summed E-state index contributed by atoms with van der Waals surface area (Å²) in [6.45, 7) is 2.23. The van der Waals surface area contributed by atoms with Crippen molar-refractivity contribution in [3.63, 3.8) is 0 Å². The molecule has 3 heteroatoms. The van der Waals surface area contributed by atoms with Gasteiger partial charge in [0.2, 0.25) is 0 Å². The maximum atomic E-state index is 3.53. The third kappa shape index (κ3) is 2.67. The first-order valence-corrected chi connectivity index (χ1v) is 7.73. The van der Waals surface area contributed by atoms with Crippen molar-refractivity contribution in [2.75, 3.05) is 32.5 Å². The number of nitrogens with zero attached hydrogens (tertiary/aromatic N) is 1. The number of hydrogen-bond acceptors (Lipinski definition) is 3. The Morgan fingerprint density at radius 1 is 1.26 bits per heavy atom. The van der Waals surface area contributed by atoms with Gasteiger partial charge in [-0.15, -0.1) is 0 Å². The van der Waals surface area contributed by atoms with Gasteiger partial charge in [0.05, 0.1) is 0 Å². The van der Waals surface area contributed by atoms with Crippen LogP contribution in [0.1, 0.15) is 17.9 Å². The number of thiophene rings is 1. The summed E-state index contributed by atoms with van der Waals surface area (Å²) in [5, 5.41) is 7.89. The van der Waals surface area contributed by atoms with Crippen LogP contribution in [0.25, 0.3) is 11.1 Å². The molecule has 1 aliphatic rings. The van der Waals surface area contributed by atoms with E-state index in [1.807, 2.05) is 0 Å². The fourth-order valence-electron chi connectivity index (χ4n) is 2.68. The molecule has 2 heterocycles. The van der Waals surface area contributed by atoms with Crippen LogP contribution in [0.3, 0.4) is 0 Å². The van der Waals surface area contributed by atoms with Crippen molar-refractivity contribution < 1.29 is 0 Å². The summed E-state index contributed by atoms with van der Waals surface area (Å²) < 4.78 is 0. The van der Waals surface area contributed by atoms with Gasteiger partial charge in [-0.1, -0.05) is 6.07 Å². The van der Waals surface area contributed by atoms with Gasteiger partial charge in [0.1, 0.15) is 0 Å². The molecule has 1 atom stereocenters. The van der Waals surface area contributed by atoms with Crippen molar-refractivity contribution in [1.82, 2.24) is 4.90 Å². The molecular formula is C16H20N2S. The molecule has 2 aromatic rings. The lowest BCUT2D eigenvalue weighted by atomic mass is 9.95. The van der Waals surface area contributed by atoms with Crippen molar-refractivity contribution in [3.8, 4) is 11.1 Å². The lowest BCUT2D eigenvalue weighted by Crippen LogP contribution is -2.16. The molecule has 0 aliphatic carbocycles. The summed E-state index contributed by atoms with van der Waals surface area (Å²) in [5.74, 6) is 0.649. The third-order valence-corrected chi connectivity index (χ3v) is 4.49. The monoisotopic (exact) mass is 272 g/mol. The third-order valence-electron chi connectivity index (χ3n) is 3.81. The summed E-state index contributed by atoms with van der Waals surface area (Å²) in [5.41, 5.74) is 5.50. The maximum Gasteiger partial charge on any atom is 0.0376 e. The van der Waals surface area contributed by atoms with Crippen LogP contribution in [0.2, 0.25) is 0 Å². The molecule has 0 amide bonds. The molecule has 0 saturated heterocycles. The second-order valence-corrected chi connectivity index (χ2v) is 6.26. The van der Waals surface area contributed by atoms with Gasteiger partial charge < -0.3 is 10.2 Å². The van der Waals surface area contributed by atoms with Gasteiger partial charge in [0.25, 0.3) is 0 Å². The first-order valence-electron chi connectivity index (χ1n) is 6.79. The van der Waals surface area contributed by atoms with Gasteiger partial charge in [-0.25, -0.2) is 0 Å². The highest BCUT2D eigenvalue weighted by molar-refractivity contribution is 7.08. The molecule has 0 spiro atoms. The average Bonchev–Trinajstić information content (AvgIpc) is 3.05. The Morgan fingerprint density at radius 2 is 2.16 bits per heavy atom. The predicted molar refractivity (Wildman–Crippen MR) is 84.2 cm³/mol. The molecule has 1 aliphatic heterocycles. The Balaban J connectivity index is 1.85. The molecule has 0 unspecified atom stereocenters. The van der Waals surface area contributed by atoms with E-state index in [0.29, 0.717) is 5.92 Å². The zero-order valence-corrected chi connectivity index (χ0v) is 12.3. The fourth-order valence-corrected chi connectivity index (χ4v) is 3.35. The van der Waals surface area contributed by atoms with Crippen LogP contribution in [-0.2, 0) is 0 Å². The van der Waals surface area contributed by atoms with Crippen LogP contribution in [0.4, 0.5) is 5.69 Å². The Labute approximate surface area is 119 Å². The number of nitrogens with one attached hydrogen (secondary N) is 1. The van der Waals surface area contributed by atoms with Gasteiger partial charge in [0, 0.05) is 18.2 Å². The van der Waals surface area contributed by atoms with E-state index in [1.165, 1.54) is 28.8 Å². The highest BCUT2D eigenvalue weighted by Crippen LogP contribution is 2.37. The second-order valence-electron chi connectivity index (χ2n) is 5.48. The minimum absolute atomic E-state index is 0.649. The molecule has 0 radical (unpaired) electrons. The first-order chi connectivity index (χ1) is 9.24. The molecule has 3 rings (SSSR count). The van der Waals surface area contributed by atoms with E-state index in [-0.39, 0.29) is 0 Å². The number of fused-ring (bicyclic) bond motifs is 1. The molecule has 1 N–H and O–H groups in total. The molecule has 1 aromatic heterocycles. The first kappa shape index (κ1) is 12.7. The number of rotatable bonds is 4. The smallest absolute Gasteiger partial charge is 0.0376 e. The van der Waals surface area contributed by atoms with Crippen LogP contribution >= 0.6 is 11.3 Å². The van der Waals surface area contributed by atoms with Crippen LogP contribution in [0.15, 0.2) is 35.0 Å². The highest BCUT2D eigenvalue weighted by atomic mass is 32.1. The van der Waals surface area contributed by atoms with E-state index in [1.54, 1.807) is 11.3 Å². The van der Waals surface area contributed by atoms with Crippen molar-refractivity contribution in [3.05, 3.63) is 40.6 Å². The van der Waals surface area contributed by atoms with E-state index in [2.05, 4.69) is 59.3 Å². The van der Waals surface area contributed by atoms with Crippen LogP contribution < -0.4 is 5.32 Å². The predicted octanol–water partition coefficient (Wildman–Crippen LogP) is 3.88. The van der Waals surface area contributed by atoms with Gasteiger partial charge in [-0.2, -0.15) is 11.3 Å². The second kappa shape index (κ2) is 5.35. The van der Waals surface area contributed by atoms with Gasteiger partial charge in [-0.3, -0.25) is 0 Å². The summed E-state index contributed by atoms with van der Waals surface area (Å²) in [6, 6.07) is 9.03. The fraction of sp³-hybridized carbons (Fsp3) is 0.375. The Bertz CT molecular complexity index is 546. The molecule has 1 aromatic carbocycles. The van der Waals surface area contributed by atoms with E-state index in [4.69, 9.17) is 0 Å². The average molecular weight is 272 g/mol. The van der Waals surface area contributed by atoms with Gasteiger partial charge in [-0.05, 0) is 72.7 Å². The van der Waals surface area contributed by atoms with Crippen LogP contribution in [0.5, 0.6) is 0 Å². The minimum atomic E-state index is 0.649. The number of anilines is 1. The Kier molecular flexibility index (Phi) is 3.58. The van der Waals surface area contributed by atoms with Crippen molar-refractivity contribution in [2.45, 2.75) is 12.3 Å². The zero-order valence-electron chi connectivity index (χ0n) is 11.5. The lowest BCUT2D eigenvalue weighted by molar-refractivity contribution is 0.386. The van der Waals surface area contributed by atoms with E-state index < -0.39 is 0 Å².